The minimum atomic E-state index is -4.72. The number of amides is 2. The Labute approximate surface area is 133 Å². The summed E-state index contributed by atoms with van der Waals surface area (Å²) >= 11 is 5.53. The van der Waals surface area contributed by atoms with Gasteiger partial charge in [-0.25, -0.2) is 0 Å². The zero-order valence-electron chi connectivity index (χ0n) is 11.4. The summed E-state index contributed by atoms with van der Waals surface area (Å²) < 4.78 is 43.6. The molecule has 0 bridgehead atoms. The number of carbonyl (C=O) groups excluding carboxylic acids is 2. The quantitative estimate of drug-likeness (QED) is 0.838. The maximum absolute atomic E-state index is 12.9. The maximum Gasteiger partial charge on any atom is 0.418 e. The fourth-order valence-corrected chi connectivity index (χ4v) is 1.87. The molecule has 0 aliphatic carbocycles. The molecule has 0 spiro atoms. The highest BCUT2D eigenvalue weighted by Gasteiger charge is 2.34. The second-order valence-corrected chi connectivity index (χ2v) is 4.84. The molecular weight excluding hydrogens is 337 g/mol. The molecule has 2 rings (SSSR count). The number of hydrogen-bond acceptors (Lipinski definition) is 3. The molecule has 1 heterocycles. The van der Waals surface area contributed by atoms with E-state index in [1.165, 1.54) is 12.3 Å². The van der Waals surface area contributed by atoms with Crippen molar-refractivity contribution in [2.45, 2.75) is 12.7 Å². The lowest BCUT2D eigenvalue weighted by atomic mass is 10.1. The molecule has 1 aromatic heterocycles. The van der Waals surface area contributed by atoms with Crippen molar-refractivity contribution >= 4 is 29.1 Å². The van der Waals surface area contributed by atoms with Crippen molar-refractivity contribution < 1.29 is 27.2 Å². The van der Waals surface area contributed by atoms with Crippen LogP contribution in [0.15, 0.2) is 41.0 Å². The van der Waals surface area contributed by atoms with Crippen LogP contribution in [0.4, 0.5) is 18.9 Å². The highest BCUT2D eigenvalue weighted by molar-refractivity contribution is 6.39. The predicted molar refractivity (Wildman–Crippen MR) is 75.6 cm³/mol. The number of hydrogen-bond donors (Lipinski definition) is 2. The molecule has 0 aliphatic rings. The fraction of sp³-hybridized carbons (Fsp3) is 0.143. The first-order valence-electron chi connectivity index (χ1n) is 6.25. The van der Waals surface area contributed by atoms with Crippen molar-refractivity contribution in [2.24, 2.45) is 0 Å². The summed E-state index contributed by atoms with van der Waals surface area (Å²) in [5, 5.41) is 4.00. The van der Waals surface area contributed by atoms with E-state index < -0.39 is 29.2 Å². The number of furan rings is 1. The zero-order chi connectivity index (χ0) is 17.0. The third kappa shape index (κ3) is 4.49. The molecule has 0 unspecified atom stereocenters. The summed E-state index contributed by atoms with van der Waals surface area (Å²) in [6, 6.07) is 5.97. The van der Waals surface area contributed by atoms with Crippen molar-refractivity contribution in [3.05, 3.63) is 52.9 Å². The molecule has 122 valence electrons. The Morgan fingerprint density at radius 3 is 2.52 bits per heavy atom. The van der Waals surface area contributed by atoms with Crippen molar-refractivity contribution in [2.75, 3.05) is 5.32 Å². The van der Waals surface area contributed by atoms with Gasteiger partial charge in [0.1, 0.15) is 5.76 Å². The van der Waals surface area contributed by atoms with E-state index in [4.69, 9.17) is 16.0 Å². The van der Waals surface area contributed by atoms with E-state index in [-0.39, 0.29) is 11.6 Å². The number of nitrogens with one attached hydrogen (secondary N) is 2. The van der Waals surface area contributed by atoms with Gasteiger partial charge in [-0.3, -0.25) is 9.59 Å². The van der Waals surface area contributed by atoms with Gasteiger partial charge < -0.3 is 15.1 Å². The molecule has 2 N–H and O–H groups in total. The molecule has 1 aromatic carbocycles. The number of anilines is 1. The first-order chi connectivity index (χ1) is 10.8. The minimum absolute atomic E-state index is 0.0635. The molecule has 5 nitrogen and oxygen atoms in total. The van der Waals surface area contributed by atoms with E-state index in [9.17, 15) is 22.8 Å². The first-order valence-corrected chi connectivity index (χ1v) is 6.63. The normalized spacial score (nSPS) is 11.1. The van der Waals surface area contributed by atoms with Gasteiger partial charge in [0.05, 0.1) is 24.1 Å². The summed E-state index contributed by atoms with van der Waals surface area (Å²) in [6.45, 7) is -0.0635. The van der Waals surface area contributed by atoms with Gasteiger partial charge in [-0.15, -0.1) is 0 Å². The summed E-state index contributed by atoms with van der Waals surface area (Å²) in [7, 11) is 0. The Kier molecular flexibility index (Phi) is 4.95. The van der Waals surface area contributed by atoms with E-state index in [1.807, 2.05) is 5.32 Å². The van der Waals surface area contributed by atoms with Crippen molar-refractivity contribution in [1.29, 1.82) is 0 Å². The molecule has 2 aromatic rings. The Balaban J connectivity index is 2.06. The molecular formula is C14H10ClF3N2O3. The Hall–Kier alpha value is -2.48. The van der Waals surface area contributed by atoms with Crippen LogP contribution in [0.5, 0.6) is 0 Å². The van der Waals surface area contributed by atoms with Crippen LogP contribution in [0.25, 0.3) is 0 Å². The molecule has 9 heteroatoms. The molecule has 2 amide bonds. The Morgan fingerprint density at radius 1 is 1.17 bits per heavy atom. The van der Waals surface area contributed by atoms with Crippen molar-refractivity contribution in [1.82, 2.24) is 5.32 Å². The predicted octanol–water partition coefficient (Wildman–Crippen LogP) is 3.21. The monoisotopic (exact) mass is 346 g/mol. The average Bonchev–Trinajstić information content (AvgIpc) is 2.98. The summed E-state index contributed by atoms with van der Waals surface area (Å²) in [6.07, 6.45) is -3.34. The lowest BCUT2D eigenvalue weighted by Gasteiger charge is -2.13. The van der Waals surface area contributed by atoms with Gasteiger partial charge in [0, 0.05) is 5.02 Å². The van der Waals surface area contributed by atoms with Gasteiger partial charge >= 0.3 is 18.0 Å². The topological polar surface area (TPSA) is 71.3 Å². The second kappa shape index (κ2) is 6.74. The molecule has 0 atom stereocenters. The highest BCUT2D eigenvalue weighted by atomic mass is 35.5. The van der Waals surface area contributed by atoms with Crippen LogP contribution < -0.4 is 10.6 Å². The molecule has 0 radical (unpaired) electrons. The van der Waals surface area contributed by atoms with E-state index in [0.717, 1.165) is 6.07 Å². The van der Waals surface area contributed by atoms with Crippen LogP contribution in [0, 0.1) is 0 Å². The largest absolute Gasteiger partial charge is 0.467 e. The molecule has 0 saturated heterocycles. The number of halogens is 4. The Bertz CT molecular complexity index is 715. The number of carbonyl (C=O) groups is 2. The van der Waals surface area contributed by atoms with Gasteiger partial charge in [-0.2, -0.15) is 13.2 Å². The van der Waals surface area contributed by atoms with E-state index in [0.29, 0.717) is 11.8 Å². The smallest absolute Gasteiger partial charge is 0.418 e. The lowest BCUT2D eigenvalue weighted by molar-refractivity contribution is -0.138. The van der Waals surface area contributed by atoms with Crippen LogP contribution in [0.1, 0.15) is 11.3 Å². The zero-order valence-corrected chi connectivity index (χ0v) is 12.2. The van der Waals surface area contributed by atoms with Crippen LogP contribution in [-0.2, 0) is 22.3 Å². The van der Waals surface area contributed by atoms with E-state index >= 15 is 0 Å². The SMILES string of the molecule is O=C(NCc1ccco1)C(=O)Nc1ccc(Cl)cc1C(F)(F)F. The third-order valence-electron chi connectivity index (χ3n) is 2.74. The average molecular weight is 347 g/mol. The summed E-state index contributed by atoms with van der Waals surface area (Å²) in [5.41, 5.74) is -1.70. The van der Waals surface area contributed by atoms with Gasteiger partial charge in [0.25, 0.3) is 0 Å². The second-order valence-electron chi connectivity index (χ2n) is 4.40. The van der Waals surface area contributed by atoms with Crippen molar-refractivity contribution in [3.8, 4) is 0 Å². The maximum atomic E-state index is 12.9. The molecule has 0 aliphatic heterocycles. The number of benzene rings is 1. The molecule has 0 fully saturated rings. The van der Waals surface area contributed by atoms with Gasteiger partial charge in [0.2, 0.25) is 0 Å². The van der Waals surface area contributed by atoms with Crippen molar-refractivity contribution in [3.63, 3.8) is 0 Å². The summed E-state index contributed by atoms with van der Waals surface area (Å²) in [4.78, 5) is 23.3. The van der Waals surface area contributed by atoms with E-state index in [1.54, 1.807) is 12.1 Å². The van der Waals surface area contributed by atoms with Gasteiger partial charge in [0.15, 0.2) is 0 Å². The van der Waals surface area contributed by atoms with Gasteiger partial charge in [-0.1, -0.05) is 11.6 Å². The van der Waals surface area contributed by atoms with Crippen LogP contribution in [0.2, 0.25) is 5.02 Å². The molecule has 23 heavy (non-hydrogen) atoms. The molecule has 0 saturated carbocycles. The van der Waals surface area contributed by atoms with E-state index in [2.05, 4.69) is 5.32 Å². The van der Waals surface area contributed by atoms with Crippen LogP contribution in [-0.4, -0.2) is 11.8 Å². The summed E-state index contributed by atoms with van der Waals surface area (Å²) in [5.74, 6) is -1.93. The third-order valence-corrected chi connectivity index (χ3v) is 2.98. The minimum Gasteiger partial charge on any atom is -0.467 e. The van der Waals surface area contributed by atoms with Gasteiger partial charge in [-0.05, 0) is 30.3 Å². The standard InChI is InChI=1S/C14H10ClF3N2O3/c15-8-3-4-11(10(6-8)14(16,17)18)20-13(22)12(21)19-7-9-2-1-5-23-9/h1-6H,7H2,(H,19,21)(H,20,22). The van der Waals surface area contributed by atoms with Crippen LogP contribution in [0.3, 0.4) is 0 Å². The first kappa shape index (κ1) is 16.9. The fourth-order valence-electron chi connectivity index (χ4n) is 1.70. The number of rotatable bonds is 3. The van der Waals surface area contributed by atoms with Crippen LogP contribution >= 0.6 is 11.6 Å². The lowest BCUT2D eigenvalue weighted by Crippen LogP contribution is -2.35. The number of alkyl halides is 3. The Morgan fingerprint density at radius 2 is 1.91 bits per heavy atom. The highest BCUT2D eigenvalue weighted by Crippen LogP contribution is 2.36.